The fourth-order valence-electron chi connectivity index (χ4n) is 3.43. The second-order valence-corrected chi connectivity index (χ2v) is 9.30. The summed E-state index contributed by atoms with van der Waals surface area (Å²) >= 11 is 8.68. The number of hydrogen-bond acceptors (Lipinski definition) is 8. The second kappa shape index (κ2) is 9.59. The first-order valence-electron chi connectivity index (χ1n) is 10.0. The Balaban J connectivity index is 1.62. The number of ether oxygens (including phenoxy) is 1. The second-order valence-electron chi connectivity index (χ2n) is 7.53. The molecule has 1 aliphatic heterocycles. The zero-order chi connectivity index (χ0) is 22.8. The zero-order valence-corrected chi connectivity index (χ0v) is 20.6. The van der Waals surface area contributed by atoms with Crippen LogP contribution in [-0.4, -0.2) is 56.2 Å². The molecule has 1 saturated heterocycles. The molecular formula is C21H22ClIN6O3. The third kappa shape index (κ3) is 4.97. The molecule has 1 fully saturated rings. The van der Waals surface area contributed by atoms with Crippen LogP contribution in [0.3, 0.4) is 0 Å². The number of pyridine rings is 1. The summed E-state index contributed by atoms with van der Waals surface area (Å²) in [6.45, 7) is 4.83. The maximum absolute atomic E-state index is 12.5. The van der Waals surface area contributed by atoms with E-state index in [9.17, 15) is 9.59 Å². The van der Waals surface area contributed by atoms with Gasteiger partial charge in [-0.3, -0.25) is 9.59 Å². The summed E-state index contributed by atoms with van der Waals surface area (Å²) in [6.07, 6.45) is 1.60. The van der Waals surface area contributed by atoms with E-state index in [1.165, 1.54) is 11.5 Å². The van der Waals surface area contributed by atoms with Gasteiger partial charge in [-0.2, -0.15) is 4.98 Å². The molecular weight excluding hydrogens is 547 g/mol. The highest BCUT2D eigenvalue weighted by atomic mass is 127. The van der Waals surface area contributed by atoms with Gasteiger partial charge in [0.05, 0.1) is 11.7 Å². The third-order valence-corrected chi connectivity index (χ3v) is 6.37. The number of Topliss-reactive ketones (excluding diaryl/α,β-unsaturated/α-hetero) is 1. The van der Waals surface area contributed by atoms with E-state index in [1.807, 2.05) is 18.2 Å². The van der Waals surface area contributed by atoms with Crippen molar-refractivity contribution in [3.05, 3.63) is 45.8 Å². The number of benzene rings is 1. The quantitative estimate of drug-likeness (QED) is 0.358. The molecule has 4 rings (SSSR count). The van der Waals surface area contributed by atoms with E-state index in [0.29, 0.717) is 16.8 Å². The minimum Gasteiger partial charge on any atom is -0.480 e. The van der Waals surface area contributed by atoms with E-state index >= 15 is 0 Å². The molecule has 2 aromatic heterocycles. The fraction of sp³-hybridized carbons (Fsp3) is 0.333. The molecule has 0 aliphatic carbocycles. The number of nitrogens with one attached hydrogen (secondary N) is 1. The first-order valence-corrected chi connectivity index (χ1v) is 11.4. The lowest BCUT2D eigenvalue weighted by Gasteiger charge is -2.31. The van der Waals surface area contributed by atoms with Gasteiger partial charge in [0.15, 0.2) is 17.4 Å². The van der Waals surface area contributed by atoms with Gasteiger partial charge in [-0.1, -0.05) is 11.6 Å². The van der Waals surface area contributed by atoms with Gasteiger partial charge in [0.25, 0.3) is 5.56 Å². The van der Waals surface area contributed by atoms with Crippen molar-refractivity contribution >= 4 is 68.6 Å². The standard InChI is InChI=1S/C21H22ClIN6O3/c1-13(30)12-32-18-10-14-9-15(3-4-17(14)27(2)20(18)31)25-19-16(22)11-24-21(26-19)28-5-7-29(23)8-6-28/h3-4,9-11H,5-8,12H2,1-2H3,(H,24,25,26). The Bertz CT molecular complexity index is 1230. The molecule has 0 bridgehead atoms. The highest BCUT2D eigenvalue weighted by Crippen LogP contribution is 2.28. The van der Waals surface area contributed by atoms with E-state index < -0.39 is 0 Å². The monoisotopic (exact) mass is 568 g/mol. The number of aromatic nitrogens is 3. The van der Waals surface area contributed by atoms with Crippen LogP contribution in [-0.2, 0) is 11.8 Å². The van der Waals surface area contributed by atoms with Crippen LogP contribution in [0.4, 0.5) is 17.5 Å². The Labute approximate surface area is 203 Å². The molecule has 1 aliphatic rings. The van der Waals surface area contributed by atoms with Gasteiger partial charge in [-0.25, -0.2) is 8.10 Å². The fourth-order valence-corrected chi connectivity index (χ4v) is 4.00. The number of ketones is 1. The Morgan fingerprint density at radius 3 is 2.72 bits per heavy atom. The predicted molar refractivity (Wildman–Crippen MR) is 133 cm³/mol. The van der Waals surface area contributed by atoms with Crippen molar-refractivity contribution in [1.29, 1.82) is 0 Å². The first-order chi connectivity index (χ1) is 15.3. The van der Waals surface area contributed by atoms with Crippen molar-refractivity contribution in [3.63, 3.8) is 0 Å². The van der Waals surface area contributed by atoms with E-state index in [2.05, 4.69) is 46.2 Å². The van der Waals surface area contributed by atoms with E-state index in [1.54, 1.807) is 19.3 Å². The molecule has 0 unspecified atom stereocenters. The molecule has 168 valence electrons. The van der Waals surface area contributed by atoms with Crippen molar-refractivity contribution in [2.75, 3.05) is 43.0 Å². The number of nitrogens with zero attached hydrogens (tertiary/aromatic N) is 5. The molecule has 1 aromatic carbocycles. The smallest absolute Gasteiger partial charge is 0.293 e. The number of carbonyl (C=O) groups excluding carboxylic acids is 1. The molecule has 0 atom stereocenters. The van der Waals surface area contributed by atoms with Crippen molar-refractivity contribution in [2.45, 2.75) is 6.92 Å². The lowest BCUT2D eigenvalue weighted by atomic mass is 10.2. The summed E-state index contributed by atoms with van der Waals surface area (Å²) in [6, 6.07) is 7.21. The Morgan fingerprint density at radius 1 is 1.25 bits per heavy atom. The van der Waals surface area contributed by atoms with Crippen LogP contribution < -0.4 is 20.5 Å². The number of anilines is 3. The molecule has 9 nitrogen and oxygen atoms in total. The van der Waals surface area contributed by atoms with Crippen LogP contribution in [0.1, 0.15) is 6.92 Å². The van der Waals surface area contributed by atoms with E-state index in [0.717, 1.165) is 42.8 Å². The SMILES string of the molecule is CC(=O)COc1cc2cc(Nc3nc(N4CCN(I)CC4)ncc3Cl)ccc2n(C)c1=O. The molecule has 32 heavy (non-hydrogen) atoms. The summed E-state index contributed by atoms with van der Waals surface area (Å²) in [7, 11) is 1.67. The Hall–Kier alpha value is -2.44. The lowest BCUT2D eigenvalue weighted by Crippen LogP contribution is -2.42. The van der Waals surface area contributed by atoms with Crippen LogP contribution in [0, 0.1) is 0 Å². The molecule has 11 heteroatoms. The maximum atomic E-state index is 12.5. The Kier molecular flexibility index (Phi) is 6.82. The molecule has 3 heterocycles. The summed E-state index contributed by atoms with van der Waals surface area (Å²) in [4.78, 5) is 34.9. The average Bonchev–Trinajstić information content (AvgIpc) is 2.77. The van der Waals surface area contributed by atoms with Crippen LogP contribution >= 0.6 is 34.5 Å². The van der Waals surface area contributed by atoms with Gasteiger partial charge in [0.2, 0.25) is 5.95 Å². The maximum Gasteiger partial charge on any atom is 0.293 e. The molecule has 0 saturated carbocycles. The number of rotatable bonds is 6. The molecule has 0 radical (unpaired) electrons. The number of piperazine rings is 1. The highest BCUT2D eigenvalue weighted by Gasteiger charge is 2.19. The van der Waals surface area contributed by atoms with Gasteiger partial charge < -0.3 is 19.5 Å². The number of hydrogen-bond donors (Lipinski definition) is 1. The van der Waals surface area contributed by atoms with Crippen molar-refractivity contribution in [1.82, 2.24) is 17.6 Å². The number of halogens is 2. The Morgan fingerprint density at radius 2 is 2.00 bits per heavy atom. The van der Waals surface area contributed by atoms with Crippen molar-refractivity contribution in [2.24, 2.45) is 7.05 Å². The zero-order valence-electron chi connectivity index (χ0n) is 17.6. The van der Waals surface area contributed by atoms with Crippen molar-refractivity contribution < 1.29 is 9.53 Å². The van der Waals surface area contributed by atoms with Crippen LogP contribution in [0.25, 0.3) is 10.9 Å². The summed E-state index contributed by atoms with van der Waals surface area (Å²) in [5.41, 5.74) is 1.19. The van der Waals surface area contributed by atoms with Crippen molar-refractivity contribution in [3.8, 4) is 5.75 Å². The number of aryl methyl sites for hydroxylation is 1. The van der Waals surface area contributed by atoms with Crippen LogP contribution in [0.5, 0.6) is 5.75 Å². The van der Waals surface area contributed by atoms with Crippen LogP contribution in [0.2, 0.25) is 5.02 Å². The highest BCUT2D eigenvalue weighted by molar-refractivity contribution is 14.1. The largest absolute Gasteiger partial charge is 0.480 e. The first kappa shape index (κ1) is 22.7. The van der Waals surface area contributed by atoms with E-state index in [4.69, 9.17) is 16.3 Å². The normalized spacial score (nSPS) is 14.6. The number of carbonyl (C=O) groups is 1. The number of fused-ring (bicyclic) bond motifs is 1. The van der Waals surface area contributed by atoms with Gasteiger partial charge in [0, 0.05) is 67.2 Å². The van der Waals surface area contributed by atoms with Crippen LogP contribution in [0.15, 0.2) is 35.3 Å². The minimum absolute atomic E-state index is 0.129. The molecule has 3 aromatic rings. The third-order valence-electron chi connectivity index (χ3n) is 5.12. The van der Waals surface area contributed by atoms with Gasteiger partial charge in [-0.15, -0.1) is 0 Å². The average molecular weight is 569 g/mol. The lowest BCUT2D eigenvalue weighted by molar-refractivity contribution is -0.118. The molecule has 0 amide bonds. The molecule has 0 spiro atoms. The van der Waals surface area contributed by atoms with Gasteiger partial charge >= 0.3 is 0 Å². The molecule has 1 N–H and O–H groups in total. The predicted octanol–water partition coefficient (Wildman–Crippen LogP) is 3.17. The summed E-state index contributed by atoms with van der Waals surface area (Å²) in [5.74, 6) is 1.11. The summed E-state index contributed by atoms with van der Waals surface area (Å²) < 4.78 is 9.13. The van der Waals surface area contributed by atoms with Gasteiger partial charge in [-0.05, 0) is 31.2 Å². The van der Waals surface area contributed by atoms with Gasteiger partial charge in [0.1, 0.15) is 11.6 Å². The summed E-state index contributed by atoms with van der Waals surface area (Å²) in [5, 5.41) is 4.44. The van der Waals surface area contributed by atoms with E-state index in [-0.39, 0.29) is 23.7 Å². The minimum atomic E-state index is -0.297. The topological polar surface area (TPSA) is 92.6 Å².